The molecule has 0 aromatic rings. The van der Waals surface area contributed by atoms with Gasteiger partial charge in [0.15, 0.2) is 0 Å². The van der Waals surface area contributed by atoms with Crippen LogP contribution >= 0.6 is 0 Å². The quantitative estimate of drug-likeness (QED) is 0.533. The molecule has 72 valence electrons. The summed E-state index contributed by atoms with van der Waals surface area (Å²) in [6, 6.07) is 0. The summed E-state index contributed by atoms with van der Waals surface area (Å²) < 4.78 is 0. The first-order valence-corrected chi connectivity index (χ1v) is 5.15. The number of allylic oxidation sites excluding steroid dienone is 1. The van der Waals surface area contributed by atoms with Gasteiger partial charge in [0.1, 0.15) is 0 Å². The van der Waals surface area contributed by atoms with Crippen molar-refractivity contribution in [3.05, 3.63) is 12.2 Å². The van der Waals surface area contributed by atoms with Crippen LogP contribution in [-0.2, 0) is 0 Å². The third kappa shape index (κ3) is 2.66. The van der Waals surface area contributed by atoms with Gasteiger partial charge in [0, 0.05) is 0 Å². The summed E-state index contributed by atoms with van der Waals surface area (Å²) in [6.45, 7) is 15.6. The second kappa shape index (κ2) is 4.69. The molecule has 0 saturated heterocycles. The molecule has 12 heavy (non-hydrogen) atoms. The molecule has 0 fully saturated rings. The van der Waals surface area contributed by atoms with Gasteiger partial charge in [-0.25, -0.2) is 0 Å². The second-order valence-electron chi connectivity index (χ2n) is 4.38. The summed E-state index contributed by atoms with van der Waals surface area (Å²) in [7, 11) is 0. The van der Waals surface area contributed by atoms with Crippen LogP contribution < -0.4 is 0 Å². The van der Waals surface area contributed by atoms with Crippen molar-refractivity contribution in [3.63, 3.8) is 0 Å². The molecule has 0 aliphatic carbocycles. The molecule has 1 unspecified atom stereocenters. The van der Waals surface area contributed by atoms with E-state index in [9.17, 15) is 0 Å². The van der Waals surface area contributed by atoms with Gasteiger partial charge in [0.25, 0.3) is 0 Å². The van der Waals surface area contributed by atoms with Gasteiger partial charge in [0.05, 0.1) is 0 Å². The van der Waals surface area contributed by atoms with E-state index in [1.807, 2.05) is 0 Å². The Balaban J connectivity index is 4.27. The summed E-state index contributed by atoms with van der Waals surface area (Å²) in [5.74, 6) is 0.747. The zero-order chi connectivity index (χ0) is 9.78. The Morgan fingerprint density at radius 1 is 1.33 bits per heavy atom. The first kappa shape index (κ1) is 11.7. The molecule has 0 aromatic heterocycles. The van der Waals surface area contributed by atoms with Gasteiger partial charge < -0.3 is 0 Å². The summed E-state index contributed by atoms with van der Waals surface area (Å²) in [5, 5.41) is 0. The standard InChI is InChI=1S/C12H24/c1-7-9-11(4)12(5,6)10(3)8-2/h10H,4,7-9H2,1-3,5-6H3. The average molecular weight is 168 g/mol. The van der Waals surface area contributed by atoms with Gasteiger partial charge in [-0.05, 0) is 17.8 Å². The van der Waals surface area contributed by atoms with Crippen molar-refractivity contribution in [2.75, 3.05) is 0 Å². The van der Waals surface area contributed by atoms with Crippen molar-refractivity contribution in [2.45, 2.75) is 53.9 Å². The molecule has 0 radical (unpaired) electrons. The van der Waals surface area contributed by atoms with Gasteiger partial charge in [-0.15, -0.1) is 0 Å². The third-order valence-corrected chi connectivity index (χ3v) is 3.31. The van der Waals surface area contributed by atoms with Gasteiger partial charge >= 0.3 is 0 Å². The van der Waals surface area contributed by atoms with E-state index in [1.165, 1.54) is 24.8 Å². The summed E-state index contributed by atoms with van der Waals surface area (Å²) in [6.07, 6.45) is 3.64. The van der Waals surface area contributed by atoms with Crippen LogP contribution in [-0.4, -0.2) is 0 Å². The minimum Gasteiger partial charge on any atom is -0.0993 e. The molecule has 0 amide bonds. The topological polar surface area (TPSA) is 0 Å². The Morgan fingerprint density at radius 3 is 2.17 bits per heavy atom. The van der Waals surface area contributed by atoms with E-state index in [0.29, 0.717) is 5.41 Å². The largest absolute Gasteiger partial charge is 0.0993 e. The van der Waals surface area contributed by atoms with Crippen molar-refractivity contribution in [1.29, 1.82) is 0 Å². The molecule has 1 atom stereocenters. The highest BCUT2D eigenvalue weighted by atomic mass is 14.3. The normalized spacial score (nSPS) is 14.4. The van der Waals surface area contributed by atoms with Gasteiger partial charge in [-0.3, -0.25) is 0 Å². The van der Waals surface area contributed by atoms with E-state index < -0.39 is 0 Å². The average Bonchev–Trinajstić information content (AvgIpc) is 2.03. The Morgan fingerprint density at radius 2 is 1.83 bits per heavy atom. The summed E-state index contributed by atoms with van der Waals surface area (Å²) in [5.41, 5.74) is 1.74. The van der Waals surface area contributed by atoms with Crippen LogP contribution in [0.5, 0.6) is 0 Å². The monoisotopic (exact) mass is 168 g/mol. The van der Waals surface area contributed by atoms with E-state index in [4.69, 9.17) is 0 Å². The molecule has 0 N–H and O–H groups in total. The Kier molecular flexibility index (Phi) is 4.59. The van der Waals surface area contributed by atoms with Crippen molar-refractivity contribution in [3.8, 4) is 0 Å². The van der Waals surface area contributed by atoms with Crippen molar-refractivity contribution < 1.29 is 0 Å². The van der Waals surface area contributed by atoms with E-state index in [1.54, 1.807) is 0 Å². The van der Waals surface area contributed by atoms with Gasteiger partial charge in [0.2, 0.25) is 0 Å². The number of rotatable bonds is 5. The van der Waals surface area contributed by atoms with Crippen LogP contribution in [0.25, 0.3) is 0 Å². The predicted molar refractivity (Wildman–Crippen MR) is 57.3 cm³/mol. The zero-order valence-electron chi connectivity index (χ0n) is 9.41. The number of hydrogen-bond acceptors (Lipinski definition) is 0. The SMILES string of the molecule is C=C(CCC)C(C)(C)C(C)CC. The lowest BCUT2D eigenvalue weighted by Crippen LogP contribution is -2.23. The molecule has 0 heteroatoms. The smallest absolute Gasteiger partial charge is 0.0122 e. The maximum Gasteiger partial charge on any atom is -0.0122 e. The highest BCUT2D eigenvalue weighted by Crippen LogP contribution is 2.37. The Bertz CT molecular complexity index is 142. The molecule has 0 heterocycles. The maximum absolute atomic E-state index is 4.19. The summed E-state index contributed by atoms with van der Waals surface area (Å²) >= 11 is 0. The lowest BCUT2D eigenvalue weighted by Gasteiger charge is -2.33. The minimum atomic E-state index is 0.324. The van der Waals surface area contributed by atoms with Crippen molar-refractivity contribution >= 4 is 0 Å². The number of hydrogen-bond donors (Lipinski definition) is 0. The maximum atomic E-state index is 4.19. The fourth-order valence-electron chi connectivity index (χ4n) is 1.48. The molecular weight excluding hydrogens is 144 g/mol. The molecule has 0 spiro atoms. The van der Waals surface area contributed by atoms with E-state index in [0.717, 1.165) is 5.92 Å². The molecule has 0 bridgehead atoms. The fourth-order valence-corrected chi connectivity index (χ4v) is 1.48. The van der Waals surface area contributed by atoms with Crippen LogP contribution in [0.3, 0.4) is 0 Å². The predicted octanol–water partition coefficient (Wildman–Crippen LogP) is 4.42. The minimum absolute atomic E-state index is 0.324. The summed E-state index contributed by atoms with van der Waals surface area (Å²) in [4.78, 5) is 0. The van der Waals surface area contributed by atoms with Crippen molar-refractivity contribution in [2.24, 2.45) is 11.3 Å². The Hall–Kier alpha value is -0.260. The van der Waals surface area contributed by atoms with Crippen molar-refractivity contribution in [1.82, 2.24) is 0 Å². The van der Waals surface area contributed by atoms with E-state index in [2.05, 4.69) is 41.2 Å². The molecule has 0 rings (SSSR count). The first-order chi connectivity index (χ1) is 5.46. The highest BCUT2D eigenvalue weighted by molar-refractivity contribution is 5.08. The van der Waals surface area contributed by atoms with Crippen LogP contribution in [0, 0.1) is 11.3 Å². The van der Waals surface area contributed by atoms with Crippen LogP contribution in [0.4, 0.5) is 0 Å². The first-order valence-electron chi connectivity index (χ1n) is 5.15. The van der Waals surface area contributed by atoms with Crippen LogP contribution in [0.2, 0.25) is 0 Å². The molecular formula is C12H24. The fraction of sp³-hybridized carbons (Fsp3) is 0.833. The van der Waals surface area contributed by atoms with Crippen LogP contribution in [0.1, 0.15) is 53.9 Å². The van der Waals surface area contributed by atoms with Gasteiger partial charge in [-0.1, -0.05) is 59.6 Å². The molecule has 0 aliphatic heterocycles. The third-order valence-electron chi connectivity index (χ3n) is 3.31. The molecule has 0 aliphatic rings. The molecule has 0 saturated carbocycles. The molecule has 0 nitrogen and oxygen atoms in total. The zero-order valence-corrected chi connectivity index (χ0v) is 9.41. The molecule has 0 aromatic carbocycles. The Labute approximate surface area is 78.1 Å². The lowest BCUT2D eigenvalue weighted by molar-refractivity contribution is 0.271. The lowest BCUT2D eigenvalue weighted by atomic mass is 9.72. The highest BCUT2D eigenvalue weighted by Gasteiger charge is 2.26. The van der Waals surface area contributed by atoms with E-state index >= 15 is 0 Å². The second-order valence-corrected chi connectivity index (χ2v) is 4.38. The van der Waals surface area contributed by atoms with Crippen LogP contribution in [0.15, 0.2) is 12.2 Å². The van der Waals surface area contributed by atoms with Gasteiger partial charge in [-0.2, -0.15) is 0 Å². The van der Waals surface area contributed by atoms with E-state index in [-0.39, 0.29) is 0 Å².